The van der Waals surface area contributed by atoms with Crippen molar-refractivity contribution in [1.82, 2.24) is 4.90 Å². The van der Waals surface area contributed by atoms with Gasteiger partial charge in [0.15, 0.2) is 0 Å². The molecule has 2 rings (SSSR count). The number of hydrogen-bond acceptors (Lipinski definition) is 2. The lowest BCUT2D eigenvalue weighted by molar-refractivity contribution is 0.178. The van der Waals surface area contributed by atoms with Crippen molar-refractivity contribution in [1.29, 1.82) is 0 Å². The molecule has 2 N–H and O–H groups in total. The first-order chi connectivity index (χ1) is 8.60. The number of hydrogen-bond donors (Lipinski definition) is 1. The number of benzene rings is 1. The van der Waals surface area contributed by atoms with Crippen LogP contribution < -0.4 is 5.73 Å². The summed E-state index contributed by atoms with van der Waals surface area (Å²) in [6.07, 6.45) is 4.14. The maximum atomic E-state index is 6.06. The molecule has 18 heavy (non-hydrogen) atoms. The number of halogens is 2. The topological polar surface area (TPSA) is 29.3 Å². The minimum absolute atomic E-state index is 0.476. The highest BCUT2D eigenvalue weighted by Gasteiger charge is 2.20. The van der Waals surface area contributed by atoms with E-state index in [0.29, 0.717) is 15.7 Å². The van der Waals surface area contributed by atoms with Crippen molar-refractivity contribution in [3.05, 3.63) is 27.7 Å². The van der Waals surface area contributed by atoms with E-state index in [1.807, 2.05) is 12.1 Å². The van der Waals surface area contributed by atoms with Crippen LogP contribution in [0.3, 0.4) is 0 Å². The monoisotopic (exact) mass is 286 g/mol. The van der Waals surface area contributed by atoms with Gasteiger partial charge in [0.05, 0.1) is 15.7 Å². The summed E-state index contributed by atoms with van der Waals surface area (Å²) >= 11 is 12.1. The number of nitrogen functional groups attached to an aromatic ring is 1. The van der Waals surface area contributed by atoms with Gasteiger partial charge in [0, 0.05) is 13.1 Å². The number of anilines is 1. The van der Waals surface area contributed by atoms with Gasteiger partial charge in [0.2, 0.25) is 0 Å². The fourth-order valence-corrected chi connectivity index (χ4v) is 2.86. The van der Waals surface area contributed by atoms with Crippen molar-refractivity contribution < 1.29 is 0 Å². The summed E-state index contributed by atoms with van der Waals surface area (Å²) in [5.74, 6) is 0.879. The number of nitrogens with two attached hydrogens (primary N) is 1. The fraction of sp³-hybridized carbons (Fsp3) is 0.571. The van der Waals surface area contributed by atoms with Crippen LogP contribution in [0.5, 0.6) is 0 Å². The molecule has 4 heteroatoms. The highest BCUT2D eigenvalue weighted by molar-refractivity contribution is 6.38. The predicted molar refractivity (Wildman–Crippen MR) is 79.2 cm³/mol. The summed E-state index contributed by atoms with van der Waals surface area (Å²) in [4.78, 5) is 2.45. The second-order valence-corrected chi connectivity index (χ2v) is 5.91. The van der Waals surface area contributed by atoms with Crippen LogP contribution in [0.15, 0.2) is 12.1 Å². The smallest absolute Gasteiger partial charge is 0.0693 e. The second kappa shape index (κ2) is 6.14. The summed E-state index contributed by atoms with van der Waals surface area (Å²) in [7, 11) is 0. The first-order valence-electron chi connectivity index (χ1n) is 6.56. The average molecular weight is 287 g/mol. The summed E-state index contributed by atoms with van der Waals surface area (Å²) < 4.78 is 0. The van der Waals surface area contributed by atoms with Gasteiger partial charge in [-0.1, -0.05) is 36.5 Å². The lowest BCUT2D eigenvalue weighted by Crippen LogP contribution is -2.32. The second-order valence-electron chi connectivity index (χ2n) is 5.10. The van der Waals surface area contributed by atoms with Crippen LogP contribution in [0.1, 0.15) is 31.7 Å². The third kappa shape index (κ3) is 3.31. The average Bonchev–Trinajstić information content (AvgIpc) is 2.28. The van der Waals surface area contributed by atoms with Gasteiger partial charge < -0.3 is 5.73 Å². The first-order valence-corrected chi connectivity index (χ1v) is 7.31. The Morgan fingerprint density at radius 3 is 2.33 bits per heavy atom. The van der Waals surface area contributed by atoms with Gasteiger partial charge in [-0.05, 0) is 43.0 Å². The van der Waals surface area contributed by atoms with Gasteiger partial charge in [-0.15, -0.1) is 0 Å². The molecule has 0 spiro atoms. The molecule has 0 atom stereocenters. The molecule has 1 saturated carbocycles. The van der Waals surface area contributed by atoms with Crippen LogP contribution in [0.4, 0.5) is 5.69 Å². The highest BCUT2D eigenvalue weighted by atomic mass is 35.5. The van der Waals surface area contributed by atoms with Crippen LogP contribution in [-0.2, 0) is 6.54 Å². The zero-order valence-corrected chi connectivity index (χ0v) is 12.3. The van der Waals surface area contributed by atoms with Crippen molar-refractivity contribution in [2.24, 2.45) is 5.92 Å². The maximum absolute atomic E-state index is 6.06. The van der Waals surface area contributed by atoms with Crippen LogP contribution in [-0.4, -0.2) is 18.0 Å². The van der Waals surface area contributed by atoms with Crippen LogP contribution in [0.25, 0.3) is 0 Å². The fourth-order valence-electron chi connectivity index (χ4n) is 2.33. The Morgan fingerprint density at radius 1 is 1.28 bits per heavy atom. The number of nitrogens with zero attached hydrogens (tertiary/aromatic N) is 1. The van der Waals surface area contributed by atoms with E-state index < -0.39 is 0 Å². The third-order valence-corrected chi connectivity index (χ3v) is 4.36. The summed E-state index contributed by atoms with van der Waals surface area (Å²) in [6.45, 7) is 5.32. The summed E-state index contributed by atoms with van der Waals surface area (Å²) in [5.41, 5.74) is 7.36. The Labute approximate surface area is 119 Å². The molecule has 1 aromatic carbocycles. The molecule has 1 fully saturated rings. The zero-order valence-electron chi connectivity index (χ0n) is 10.8. The van der Waals surface area contributed by atoms with Crippen molar-refractivity contribution in [3.63, 3.8) is 0 Å². The molecule has 0 amide bonds. The molecule has 0 radical (unpaired) electrons. The number of rotatable bonds is 5. The van der Waals surface area contributed by atoms with E-state index in [2.05, 4.69) is 11.8 Å². The molecule has 0 aliphatic heterocycles. The molecule has 100 valence electrons. The molecule has 0 heterocycles. The molecule has 1 aliphatic rings. The molecule has 0 unspecified atom stereocenters. The largest absolute Gasteiger partial charge is 0.396 e. The zero-order chi connectivity index (χ0) is 13.1. The van der Waals surface area contributed by atoms with E-state index in [1.165, 1.54) is 25.8 Å². The third-order valence-electron chi connectivity index (χ3n) is 3.73. The summed E-state index contributed by atoms with van der Waals surface area (Å²) in [6, 6.07) is 3.85. The van der Waals surface area contributed by atoms with E-state index in [9.17, 15) is 0 Å². The van der Waals surface area contributed by atoms with E-state index in [-0.39, 0.29) is 0 Å². The van der Waals surface area contributed by atoms with Crippen LogP contribution >= 0.6 is 23.2 Å². The van der Waals surface area contributed by atoms with Gasteiger partial charge in [-0.2, -0.15) is 0 Å². The molecule has 0 aromatic heterocycles. The van der Waals surface area contributed by atoms with Crippen molar-refractivity contribution in [3.8, 4) is 0 Å². The Morgan fingerprint density at radius 2 is 1.89 bits per heavy atom. The van der Waals surface area contributed by atoms with Gasteiger partial charge in [0.25, 0.3) is 0 Å². The minimum Gasteiger partial charge on any atom is -0.396 e. The van der Waals surface area contributed by atoms with Gasteiger partial charge >= 0.3 is 0 Å². The van der Waals surface area contributed by atoms with E-state index >= 15 is 0 Å². The molecular weight excluding hydrogens is 267 g/mol. The Bertz CT molecular complexity index is 393. The molecule has 1 aliphatic carbocycles. The predicted octanol–water partition coefficient (Wildman–Crippen LogP) is 4.20. The molecule has 0 bridgehead atoms. The van der Waals surface area contributed by atoms with Gasteiger partial charge in [-0.25, -0.2) is 0 Å². The van der Waals surface area contributed by atoms with Gasteiger partial charge in [0.1, 0.15) is 0 Å². The molecule has 0 saturated heterocycles. The van der Waals surface area contributed by atoms with Gasteiger partial charge in [-0.3, -0.25) is 4.90 Å². The Balaban J connectivity index is 2.01. The summed E-state index contributed by atoms with van der Waals surface area (Å²) in [5, 5.41) is 1.11. The lowest BCUT2D eigenvalue weighted by atomic mass is 9.85. The van der Waals surface area contributed by atoms with Crippen molar-refractivity contribution >= 4 is 28.9 Å². The van der Waals surface area contributed by atoms with Crippen molar-refractivity contribution in [2.45, 2.75) is 32.7 Å². The minimum atomic E-state index is 0.476. The highest BCUT2D eigenvalue weighted by Crippen LogP contribution is 2.30. The molecule has 1 aromatic rings. The van der Waals surface area contributed by atoms with Crippen LogP contribution in [0.2, 0.25) is 10.0 Å². The standard InChI is InChI=1S/C14H20Cl2N2/c1-2-18(8-10-4-3-5-10)9-11-6-12(15)14(17)13(16)7-11/h6-7,10H,2-5,8-9,17H2,1H3. The normalized spacial score (nSPS) is 16.0. The van der Waals surface area contributed by atoms with Crippen molar-refractivity contribution in [2.75, 3.05) is 18.8 Å². The van der Waals surface area contributed by atoms with E-state index in [0.717, 1.165) is 24.6 Å². The SMILES string of the molecule is CCN(Cc1cc(Cl)c(N)c(Cl)c1)CC1CCC1. The van der Waals surface area contributed by atoms with E-state index in [4.69, 9.17) is 28.9 Å². The Kier molecular flexibility index (Phi) is 4.77. The molecule has 2 nitrogen and oxygen atoms in total. The van der Waals surface area contributed by atoms with Crippen LogP contribution in [0, 0.1) is 5.92 Å². The molecular formula is C14H20Cl2N2. The lowest BCUT2D eigenvalue weighted by Gasteiger charge is -2.31. The Hall–Kier alpha value is -0.440. The quantitative estimate of drug-likeness (QED) is 0.822. The first kappa shape index (κ1) is 14.0. The van der Waals surface area contributed by atoms with E-state index in [1.54, 1.807) is 0 Å². The maximum Gasteiger partial charge on any atom is 0.0693 e.